The molecule has 3 nitrogen and oxygen atoms in total. The van der Waals surface area contributed by atoms with Gasteiger partial charge in [0.2, 0.25) is 0 Å². The van der Waals surface area contributed by atoms with E-state index in [1.54, 1.807) is 0 Å². The van der Waals surface area contributed by atoms with Gasteiger partial charge in [0, 0.05) is 12.5 Å². The fraction of sp³-hybridized carbons (Fsp3) is 0.538. The molecule has 2 unspecified atom stereocenters. The van der Waals surface area contributed by atoms with E-state index in [2.05, 4.69) is 55.9 Å². The lowest BCUT2D eigenvalue weighted by Gasteiger charge is -2.20. The van der Waals surface area contributed by atoms with Crippen LogP contribution in [0.3, 0.4) is 0 Å². The van der Waals surface area contributed by atoms with Crippen molar-refractivity contribution in [1.29, 1.82) is 0 Å². The highest BCUT2D eigenvalue weighted by molar-refractivity contribution is 5.30. The van der Waals surface area contributed by atoms with Crippen LogP contribution in [-0.4, -0.2) is 12.7 Å². The van der Waals surface area contributed by atoms with Crippen LogP contribution in [0.2, 0.25) is 0 Å². The van der Waals surface area contributed by atoms with Crippen LogP contribution in [0.4, 0.5) is 0 Å². The van der Waals surface area contributed by atoms with Crippen LogP contribution < -0.4 is 16.6 Å². The van der Waals surface area contributed by atoms with Gasteiger partial charge in [0.15, 0.2) is 0 Å². The highest BCUT2D eigenvalue weighted by Crippen LogP contribution is 2.25. The van der Waals surface area contributed by atoms with Crippen molar-refractivity contribution < 1.29 is 0 Å². The van der Waals surface area contributed by atoms with E-state index in [4.69, 9.17) is 5.73 Å². The largest absolute Gasteiger partial charge is 0.314 e. The molecule has 1 aromatic carbocycles. The fourth-order valence-corrected chi connectivity index (χ4v) is 2.07. The molecule has 0 saturated carbocycles. The summed E-state index contributed by atoms with van der Waals surface area (Å²) in [6.45, 7) is 7.58. The molecule has 1 saturated heterocycles. The minimum absolute atomic E-state index is 0.0143. The summed E-state index contributed by atoms with van der Waals surface area (Å²) in [5, 5.41) is 0. The number of nitrogens with one attached hydrogen (secondary N) is 2. The first-order chi connectivity index (χ1) is 7.48. The summed E-state index contributed by atoms with van der Waals surface area (Å²) in [4.78, 5) is 0. The molecule has 1 aromatic rings. The number of nitrogens with two attached hydrogens (primary N) is 1. The molecule has 1 fully saturated rings. The molecule has 2 rings (SSSR count). The predicted octanol–water partition coefficient (Wildman–Crippen LogP) is 1.46. The van der Waals surface area contributed by atoms with Crippen molar-refractivity contribution in [2.45, 2.75) is 38.3 Å². The van der Waals surface area contributed by atoms with Gasteiger partial charge in [0.1, 0.15) is 0 Å². The Morgan fingerprint density at radius 2 is 1.81 bits per heavy atom. The van der Waals surface area contributed by atoms with E-state index in [0.717, 1.165) is 6.54 Å². The highest BCUT2D eigenvalue weighted by Gasteiger charge is 2.25. The molecule has 3 heteroatoms. The number of benzene rings is 1. The van der Waals surface area contributed by atoms with Crippen LogP contribution in [0, 0.1) is 0 Å². The summed E-state index contributed by atoms with van der Waals surface area (Å²) in [5.74, 6) is 0.369. The molecule has 1 aliphatic rings. The van der Waals surface area contributed by atoms with E-state index in [1.807, 2.05) is 0 Å². The van der Waals surface area contributed by atoms with Crippen LogP contribution in [0.1, 0.15) is 37.8 Å². The minimum atomic E-state index is 0.0143. The van der Waals surface area contributed by atoms with E-state index in [1.165, 1.54) is 11.1 Å². The monoisotopic (exact) mass is 219 g/mol. The van der Waals surface area contributed by atoms with E-state index in [9.17, 15) is 0 Å². The summed E-state index contributed by atoms with van der Waals surface area (Å²) < 4.78 is 0. The fourth-order valence-electron chi connectivity index (χ4n) is 2.07. The van der Waals surface area contributed by atoms with Gasteiger partial charge in [-0.1, -0.05) is 45.0 Å². The summed E-state index contributed by atoms with van der Waals surface area (Å²) in [6.07, 6.45) is 0.0143. The average Bonchev–Trinajstić information content (AvgIpc) is 2.63. The normalized spacial score (nSPS) is 26.0. The molecule has 1 aliphatic heterocycles. The zero-order chi connectivity index (χ0) is 11.8. The minimum Gasteiger partial charge on any atom is -0.314 e. The molecule has 88 valence electrons. The maximum Gasteiger partial charge on any atom is 0.0761 e. The number of hydrogen-bond acceptors (Lipinski definition) is 3. The lowest BCUT2D eigenvalue weighted by Crippen LogP contribution is -2.38. The Bertz CT molecular complexity index is 350. The first-order valence-corrected chi connectivity index (χ1v) is 5.83. The zero-order valence-electron chi connectivity index (χ0n) is 10.2. The van der Waals surface area contributed by atoms with Crippen molar-refractivity contribution >= 4 is 0 Å². The van der Waals surface area contributed by atoms with E-state index in [0.29, 0.717) is 5.92 Å². The van der Waals surface area contributed by atoms with Crippen molar-refractivity contribution in [3.63, 3.8) is 0 Å². The van der Waals surface area contributed by atoms with Crippen molar-refractivity contribution in [2.75, 3.05) is 6.54 Å². The van der Waals surface area contributed by atoms with Crippen molar-refractivity contribution in [2.24, 2.45) is 5.73 Å². The first-order valence-electron chi connectivity index (χ1n) is 5.83. The first kappa shape index (κ1) is 11.6. The number of hydrogen-bond donors (Lipinski definition) is 3. The molecule has 4 N–H and O–H groups in total. The Hall–Kier alpha value is -0.900. The second kappa shape index (κ2) is 4.17. The second-order valence-electron chi connectivity index (χ2n) is 5.53. The molecular formula is C13H21N3. The smallest absolute Gasteiger partial charge is 0.0761 e. The third-order valence-corrected chi connectivity index (χ3v) is 3.23. The van der Waals surface area contributed by atoms with Crippen molar-refractivity contribution in [3.05, 3.63) is 35.4 Å². The second-order valence-corrected chi connectivity index (χ2v) is 5.53. The van der Waals surface area contributed by atoms with Gasteiger partial charge in [-0.05, 0) is 16.5 Å². The third kappa shape index (κ3) is 2.26. The Kier molecular flexibility index (Phi) is 3.02. The molecule has 0 amide bonds. The molecule has 0 spiro atoms. The summed E-state index contributed by atoms with van der Waals surface area (Å²) >= 11 is 0. The van der Waals surface area contributed by atoms with Gasteiger partial charge in [0.05, 0.1) is 6.17 Å². The van der Waals surface area contributed by atoms with Gasteiger partial charge in [-0.3, -0.25) is 5.43 Å². The summed E-state index contributed by atoms with van der Waals surface area (Å²) in [7, 11) is 0. The van der Waals surface area contributed by atoms with Gasteiger partial charge < -0.3 is 5.73 Å². The van der Waals surface area contributed by atoms with Gasteiger partial charge in [0.25, 0.3) is 0 Å². The highest BCUT2D eigenvalue weighted by atomic mass is 15.4. The molecule has 1 heterocycles. The van der Waals surface area contributed by atoms with Crippen molar-refractivity contribution in [3.8, 4) is 0 Å². The van der Waals surface area contributed by atoms with Crippen molar-refractivity contribution in [1.82, 2.24) is 10.9 Å². The van der Waals surface area contributed by atoms with E-state index < -0.39 is 0 Å². The lowest BCUT2D eigenvalue weighted by atomic mass is 9.85. The molecule has 0 aliphatic carbocycles. The van der Waals surface area contributed by atoms with Gasteiger partial charge in [-0.2, -0.15) is 0 Å². The SMILES string of the molecule is CC(C)(C)c1ccc(C2CNNC2N)cc1. The van der Waals surface area contributed by atoms with Gasteiger partial charge in [-0.25, -0.2) is 5.43 Å². The molecule has 2 atom stereocenters. The van der Waals surface area contributed by atoms with E-state index >= 15 is 0 Å². The van der Waals surface area contributed by atoms with Crippen LogP contribution in [0.25, 0.3) is 0 Å². The maximum absolute atomic E-state index is 5.96. The molecule has 0 aromatic heterocycles. The van der Waals surface area contributed by atoms with Gasteiger partial charge in [-0.15, -0.1) is 0 Å². The predicted molar refractivity (Wildman–Crippen MR) is 67.0 cm³/mol. The lowest BCUT2D eigenvalue weighted by molar-refractivity contribution is 0.546. The Balaban J connectivity index is 2.19. The average molecular weight is 219 g/mol. The van der Waals surface area contributed by atoms with Crippen LogP contribution in [0.15, 0.2) is 24.3 Å². The molecule has 0 bridgehead atoms. The summed E-state index contributed by atoms with van der Waals surface area (Å²) in [5.41, 5.74) is 15.0. The Labute approximate surface area is 97.4 Å². The van der Waals surface area contributed by atoms with Gasteiger partial charge >= 0.3 is 0 Å². The molecule has 16 heavy (non-hydrogen) atoms. The zero-order valence-corrected chi connectivity index (χ0v) is 10.2. The van der Waals surface area contributed by atoms with E-state index in [-0.39, 0.29) is 11.6 Å². The number of hydrazine groups is 1. The van der Waals surface area contributed by atoms with Crippen LogP contribution in [0.5, 0.6) is 0 Å². The molecule has 0 radical (unpaired) electrons. The maximum atomic E-state index is 5.96. The molecular weight excluding hydrogens is 198 g/mol. The Morgan fingerprint density at radius 1 is 1.19 bits per heavy atom. The number of rotatable bonds is 1. The topological polar surface area (TPSA) is 50.1 Å². The third-order valence-electron chi connectivity index (χ3n) is 3.23. The standard InChI is InChI=1S/C13H21N3/c1-13(2,3)10-6-4-9(5-7-10)11-8-15-16-12(11)14/h4-7,11-12,15-16H,8,14H2,1-3H3. The summed E-state index contributed by atoms with van der Waals surface area (Å²) in [6, 6.07) is 8.81. The Morgan fingerprint density at radius 3 is 2.25 bits per heavy atom. The van der Waals surface area contributed by atoms with Crippen LogP contribution in [-0.2, 0) is 5.41 Å². The quantitative estimate of drug-likeness (QED) is 0.670. The van der Waals surface area contributed by atoms with Crippen LogP contribution >= 0.6 is 0 Å².